The summed E-state index contributed by atoms with van der Waals surface area (Å²) in [5, 5.41) is 6.22. The number of carbonyl (C=O) groups excluding carboxylic acids is 1. The molecule has 0 fully saturated rings. The third-order valence-electron chi connectivity index (χ3n) is 3.76. The van der Waals surface area contributed by atoms with Crippen molar-refractivity contribution in [1.82, 2.24) is 0 Å². The fourth-order valence-corrected chi connectivity index (χ4v) is 2.20. The average molecular weight is 348 g/mol. The van der Waals surface area contributed by atoms with E-state index in [1.807, 2.05) is 44.2 Å². The molecular weight excluding hydrogens is 322 g/mol. The zero-order chi connectivity index (χ0) is 16.7. The van der Waals surface area contributed by atoms with Crippen LogP contribution in [-0.2, 0) is 11.2 Å². The molecule has 0 aliphatic heterocycles. The number of nitrogens with one attached hydrogen (secondary N) is 2. The van der Waals surface area contributed by atoms with Crippen molar-refractivity contribution in [2.45, 2.75) is 26.3 Å². The molecule has 0 unspecified atom stereocenters. The Balaban J connectivity index is 0.00000288. The van der Waals surface area contributed by atoms with E-state index in [-0.39, 0.29) is 24.2 Å². The summed E-state index contributed by atoms with van der Waals surface area (Å²) in [6.07, 6.45) is 0.975. The average Bonchev–Trinajstić information content (AvgIpc) is 2.56. The molecule has 4 nitrogen and oxygen atoms in total. The van der Waals surface area contributed by atoms with Crippen LogP contribution in [0.25, 0.3) is 0 Å². The van der Waals surface area contributed by atoms with Crippen LogP contribution in [0.4, 0.5) is 11.4 Å². The highest BCUT2D eigenvalue weighted by Gasteiger charge is 2.16. The lowest BCUT2D eigenvalue weighted by atomic mass is 10.0. The minimum absolute atomic E-state index is 0. The Morgan fingerprint density at radius 1 is 1.00 bits per heavy atom. The first-order chi connectivity index (χ1) is 11.1. The normalized spacial score (nSPS) is 11.5. The van der Waals surface area contributed by atoms with Gasteiger partial charge in [-0.1, -0.05) is 44.2 Å². The number of halogens is 1. The molecule has 0 aliphatic carbocycles. The number of nitrogens with two attached hydrogens (primary N) is 1. The Labute approximate surface area is 150 Å². The van der Waals surface area contributed by atoms with E-state index in [1.165, 1.54) is 5.56 Å². The van der Waals surface area contributed by atoms with Crippen LogP contribution in [0, 0.1) is 5.92 Å². The third-order valence-corrected chi connectivity index (χ3v) is 3.76. The SMILES string of the molecule is CC(C)[C@H](N)C(=O)Nc1ccc(NCCc2ccccc2)cc1.Cl. The Kier molecular flexibility index (Phi) is 8.30. The second kappa shape index (κ2) is 9.96. The van der Waals surface area contributed by atoms with Crippen molar-refractivity contribution in [2.24, 2.45) is 11.7 Å². The summed E-state index contributed by atoms with van der Waals surface area (Å²) in [6.45, 7) is 4.74. The fourth-order valence-electron chi connectivity index (χ4n) is 2.20. The van der Waals surface area contributed by atoms with E-state index < -0.39 is 6.04 Å². The largest absolute Gasteiger partial charge is 0.385 e. The summed E-state index contributed by atoms with van der Waals surface area (Å²) in [7, 11) is 0. The van der Waals surface area contributed by atoms with Gasteiger partial charge in [0.25, 0.3) is 0 Å². The molecule has 1 atom stereocenters. The van der Waals surface area contributed by atoms with Gasteiger partial charge in [0.15, 0.2) is 0 Å². The first kappa shape index (κ1) is 20.0. The first-order valence-electron chi connectivity index (χ1n) is 8.00. The summed E-state index contributed by atoms with van der Waals surface area (Å²) in [4.78, 5) is 11.9. The summed E-state index contributed by atoms with van der Waals surface area (Å²) in [5.74, 6) is -0.0290. The highest BCUT2D eigenvalue weighted by Crippen LogP contribution is 2.14. The molecule has 2 aromatic carbocycles. The molecular formula is C19H26ClN3O. The third kappa shape index (κ3) is 6.22. The van der Waals surface area contributed by atoms with Gasteiger partial charge in [-0.15, -0.1) is 12.4 Å². The molecule has 0 saturated carbocycles. The number of hydrogen-bond acceptors (Lipinski definition) is 3. The molecule has 0 bridgehead atoms. The van der Waals surface area contributed by atoms with E-state index in [2.05, 4.69) is 34.9 Å². The van der Waals surface area contributed by atoms with Gasteiger partial charge in [0.1, 0.15) is 0 Å². The molecule has 4 N–H and O–H groups in total. The van der Waals surface area contributed by atoms with Crippen LogP contribution in [0.3, 0.4) is 0 Å². The molecule has 0 aliphatic rings. The number of benzene rings is 2. The van der Waals surface area contributed by atoms with Gasteiger partial charge in [0.05, 0.1) is 6.04 Å². The van der Waals surface area contributed by atoms with E-state index in [0.717, 1.165) is 24.3 Å². The van der Waals surface area contributed by atoms with E-state index in [9.17, 15) is 4.79 Å². The maximum absolute atomic E-state index is 11.9. The molecule has 0 saturated heterocycles. The molecule has 0 aromatic heterocycles. The van der Waals surface area contributed by atoms with Crippen molar-refractivity contribution in [3.05, 3.63) is 60.2 Å². The summed E-state index contributed by atoms with van der Waals surface area (Å²) < 4.78 is 0. The van der Waals surface area contributed by atoms with Crippen LogP contribution in [-0.4, -0.2) is 18.5 Å². The second-order valence-electron chi connectivity index (χ2n) is 6.00. The van der Waals surface area contributed by atoms with Crippen molar-refractivity contribution in [2.75, 3.05) is 17.2 Å². The topological polar surface area (TPSA) is 67.2 Å². The summed E-state index contributed by atoms with van der Waals surface area (Å²) in [6, 6.07) is 17.6. The summed E-state index contributed by atoms with van der Waals surface area (Å²) >= 11 is 0. The standard InChI is InChI=1S/C19H25N3O.ClH/c1-14(2)18(20)19(23)22-17-10-8-16(9-11-17)21-13-12-15-6-4-3-5-7-15;/h3-11,14,18,21H,12-13,20H2,1-2H3,(H,22,23);1H/t18-;/m0./s1. The molecule has 130 valence electrons. The minimum Gasteiger partial charge on any atom is -0.385 e. The minimum atomic E-state index is -0.487. The van der Waals surface area contributed by atoms with Crippen LogP contribution in [0.2, 0.25) is 0 Å². The monoisotopic (exact) mass is 347 g/mol. The van der Waals surface area contributed by atoms with Crippen LogP contribution >= 0.6 is 12.4 Å². The van der Waals surface area contributed by atoms with Crippen LogP contribution in [0.1, 0.15) is 19.4 Å². The van der Waals surface area contributed by atoms with Gasteiger partial charge in [-0.2, -0.15) is 0 Å². The van der Waals surface area contributed by atoms with Gasteiger partial charge in [-0.25, -0.2) is 0 Å². The van der Waals surface area contributed by atoms with Gasteiger partial charge in [-0.05, 0) is 42.2 Å². The molecule has 0 spiro atoms. The highest BCUT2D eigenvalue weighted by molar-refractivity contribution is 5.94. The van der Waals surface area contributed by atoms with Gasteiger partial charge in [0, 0.05) is 17.9 Å². The lowest BCUT2D eigenvalue weighted by Gasteiger charge is -2.15. The fraction of sp³-hybridized carbons (Fsp3) is 0.316. The zero-order valence-corrected chi connectivity index (χ0v) is 15.0. The maximum Gasteiger partial charge on any atom is 0.241 e. The Hall–Kier alpha value is -2.04. The van der Waals surface area contributed by atoms with E-state index in [1.54, 1.807) is 0 Å². The second-order valence-corrected chi connectivity index (χ2v) is 6.00. The Morgan fingerprint density at radius 3 is 2.17 bits per heavy atom. The summed E-state index contributed by atoms with van der Waals surface area (Å²) in [5.41, 5.74) is 8.94. The van der Waals surface area contributed by atoms with Crippen molar-refractivity contribution in [3.8, 4) is 0 Å². The Bertz CT molecular complexity index is 614. The van der Waals surface area contributed by atoms with E-state index in [4.69, 9.17) is 5.73 Å². The van der Waals surface area contributed by atoms with E-state index in [0.29, 0.717) is 0 Å². The van der Waals surface area contributed by atoms with Gasteiger partial charge in [0.2, 0.25) is 5.91 Å². The number of hydrogen-bond donors (Lipinski definition) is 3. The van der Waals surface area contributed by atoms with Crippen molar-refractivity contribution in [1.29, 1.82) is 0 Å². The number of amides is 1. The van der Waals surface area contributed by atoms with Crippen molar-refractivity contribution >= 4 is 29.7 Å². The van der Waals surface area contributed by atoms with Crippen molar-refractivity contribution in [3.63, 3.8) is 0 Å². The highest BCUT2D eigenvalue weighted by atomic mass is 35.5. The maximum atomic E-state index is 11.9. The predicted molar refractivity (Wildman–Crippen MR) is 104 cm³/mol. The van der Waals surface area contributed by atoms with Crippen LogP contribution in [0.15, 0.2) is 54.6 Å². The van der Waals surface area contributed by atoms with Crippen LogP contribution in [0.5, 0.6) is 0 Å². The molecule has 5 heteroatoms. The quantitative estimate of drug-likeness (QED) is 0.715. The molecule has 0 radical (unpaired) electrons. The van der Waals surface area contributed by atoms with Gasteiger partial charge >= 0.3 is 0 Å². The number of carbonyl (C=O) groups is 1. The molecule has 24 heavy (non-hydrogen) atoms. The number of rotatable bonds is 7. The lowest BCUT2D eigenvalue weighted by Crippen LogP contribution is -2.39. The predicted octanol–water partition coefficient (Wildman–Crippen LogP) is 3.68. The van der Waals surface area contributed by atoms with Crippen molar-refractivity contribution < 1.29 is 4.79 Å². The van der Waals surface area contributed by atoms with Gasteiger partial charge in [-0.3, -0.25) is 4.79 Å². The zero-order valence-electron chi connectivity index (χ0n) is 14.2. The Morgan fingerprint density at radius 2 is 1.58 bits per heavy atom. The molecule has 2 rings (SSSR count). The first-order valence-corrected chi connectivity index (χ1v) is 8.00. The molecule has 0 heterocycles. The van der Waals surface area contributed by atoms with Crippen LogP contribution < -0.4 is 16.4 Å². The smallest absolute Gasteiger partial charge is 0.241 e. The van der Waals surface area contributed by atoms with Gasteiger partial charge < -0.3 is 16.4 Å². The number of anilines is 2. The lowest BCUT2D eigenvalue weighted by molar-refractivity contribution is -0.118. The molecule has 1 amide bonds. The van der Waals surface area contributed by atoms with E-state index >= 15 is 0 Å². The molecule has 2 aromatic rings.